The molecule has 8 nitrogen and oxygen atoms in total. The summed E-state index contributed by atoms with van der Waals surface area (Å²) in [6.07, 6.45) is 6.06. The first-order chi connectivity index (χ1) is 13.7. The van der Waals surface area contributed by atoms with Gasteiger partial charge in [-0.25, -0.2) is 19.4 Å². The number of anilines is 2. The highest BCUT2D eigenvalue weighted by atomic mass is 16.2. The maximum Gasteiger partial charge on any atom is 0.321 e. The van der Waals surface area contributed by atoms with E-state index < -0.39 is 0 Å². The highest BCUT2D eigenvalue weighted by Crippen LogP contribution is 2.17. The molecule has 0 aliphatic carbocycles. The zero-order valence-corrected chi connectivity index (χ0v) is 15.8. The van der Waals surface area contributed by atoms with E-state index in [9.17, 15) is 4.79 Å². The Balaban J connectivity index is 1.37. The molecule has 8 heteroatoms. The highest BCUT2D eigenvalue weighted by Gasteiger charge is 2.22. The molecule has 1 aliphatic heterocycles. The number of carbonyl (C=O) groups excluding carboxylic acids is 1. The predicted molar refractivity (Wildman–Crippen MR) is 108 cm³/mol. The normalized spacial score (nSPS) is 14.2. The van der Waals surface area contributed by atoms with Crippen LogP contribution >= 0.6 is 0 Å². The number of hydrogen-bond acceptors (Lipinski definition) is 5. The van der Waals surface area contributed by atoms with Gasteiger partial charge in [0.05, 0.1) is 0 Å². The molecule has 1 saturated heterocycles. The van der Waals surface area contributed by atoms with Crippen LogP contribution in [-0.2, 0) is 6.42 Å². The minimum Gasteiger partial charge on any atom is -0.353 e. The van der Waals surface area contributed by atoms with Gasteiger partial charge in [0, 0.05) is 50.3 Å². The number of aromatic nitrogens is 4. The van der Waals surface area contributed by atoms with Crippen molar-refractivity contribution >= 4 is 17.5 Å². The number of hydrogen-bond donors (Lipinski definition) is 1. The maximum absolute atomic E-state index is 12.6. The summed E-state index contributed by atoms with van der Waals surface area (Å²) in [4.78, 5) is 25.2. The molecule has 28 heavy (non-hydrogen) atoms. The van der Waals surface area contributed by atoms with E-state index >= 15 is 0 Å². The number of nitrogens with zero attached hydrogens (tertiary/aromatic N) is 6. The number of piperazine rings is 1. The van der Waals surface area contributed by atoms with Gasteiger partial charge in [-0.3, -0.25) is 0 Å². The summed E-state index contributed by atoms with van der Waals surface area (Å²) in [5, 5.41) is 7.21. The number of aryl methyl sites for hydroxylation is 1. The third-order valence-corrected chi connectivity index (χ3v) is 4.85. The first-order valence-corrected chi connectivity index (χ1v) is 9.45. The molecule has 0 saturated carbocycles. The van der Waals surface area contributed by atoms with Gasteiger partial charge in [0.1, 0.15) is 12.1 Å². The van der Waals surface area contributed by atoms with Crippen LogP contribution in [0.4, 0.5) is 16.3 Å². The van der Waals surface area contributed by atoms with Crippen LogP contribution in [0.15, 0.2) is 55.1 Å². The Morgan fingerprint density at radius 2 is 1.89 bits per heavy atom. The van der Waals surface area contributed by atoms with Crippen LogP contribution < -0.4 is 10.2 Å². The molecule has 144 valence electrons. The second-order valence-corrected chi connectivity index (χ2v) is 6.64. The number of benzene rings is 1. The van der Waals surface area contributed by atoms with Crippen molar-refractivity contribution in [2.45, 2.75) is 13.3 Å². The van der Waals surface area contributed by atoms with E-state index in [4.69, 9.17) is 0 Å². The van der Waals surface area contributed by atoms with Gasteiger partial charge in [-0.05, 0) is 30.2 Å². The van der Waals surface area contributed by atoms with E-state index in [2.05, 4.69) is 38.3 Å². The lowest BCUT2D eigenvalue weighted by molar-refractivity contribution is 0.208. The molecular weight excluding hydrogens is 354 g/mol. The lowest BCUT2D eigenvalue weighted by atomic mass is 10.1. The summed E-state index contributed by atoms with van der Waals surface area (Å²) in [5.41, 5.74) is 2.05. The fourth-order valence-corrected chi connectivity index (χ4v) is 3.25. The Hall–Kier alpha value is -3.42. The van der Waals surface area contributed by atoms with Gasteiger partial charge in [-0.15, -0.1) is 0 Å². The van der Waals surface area contributed by atoms with Crippen molar-refractivity contribution in [1.82, 2.24) is 24.6 Å². The Morgan fingerprint density at radius 1 is 1.07 bits per heavy atom. The van der Waals surface area contributed by atoms with Gasteiger partial charge < -0.3 is 15.1 Å². The Kier molecular flexibility index (Phi) is 5.18. The van der Waals surface area contributed by atoms with E-state index in [1.165, 1.54) is 5.56 Å². The summed E-state index contributed by atoms with van der Waals surface area (Å²) < 4.78 is 1.71. The quantitative estimate of drug-likeness (QED) is 0.756. The molecule has 1 aromatic carbocycles. The van der Waals surface area contributed by atoms with Gasteiger partial charge in [-0.2, -0.15) is 5.10 Å². The summed E-state index contributed by atoms with van der Waals surface area (Å²) >= 11 is 0. The Labute approximate surface area is 163 Å². The second-order valence-electron chi connectivity index (χ2n) is 6.64. The molecule has 3 aromatic rings. The van der Waals surface area contributed by atoms with Crippen molar-refractivity contribution in [1.29, 1.82) is 0 Å². The van der Waals surface area contributed by atoms with E-state index in [0.717, 1.165) is 36.8 Å². The van der Waals surface area contributed by atoms with Crippen molar-refractivity contribution in [3.8, 4) is 5.82 Å². The first kappa shape index (κ1) is 18.0. The van der Waals surface area contributed by atoms with Gasteiger partial charge in [-0.1, -0.05) is 19.1 Å². The largest absolute Gasteiger partial charge is 0.353 e. The standard InChI is InChI=1S/C20H23N7O/c1-2-16-5-3-6-17(13-16)24-20(28)26-11-9-25(10-12-26)18-14-19(22-15-21-18)27-8-4-7-23-27/h3-8,13-15H,2,9-12H2,1H3,(H,24,28). The van der Waals surface area contributed by atoms with Crippen LogP contribution in [0.2, 0.25) is 0 Å². The fourth-order valence-electron chi connectivity index (χ4n) is 3.25. The molecule has 0 bridgehead atoms. The Bertz CT molecular complexity index is 933. The predicted octanol–water partition coefficient (Wildman–Crippen LogP) is 2.58. The topological polar surface area (TPSA) is 79.2 Å². The third kappa shape index (κ3) is 3.95. The van der Waals surface area contributed by atoms with Crippen molar-refractivity contribution in [2.24, 2.45) is 0 Å². The maximum atomic E-state index is 12.6. The number of rotatable bonds is 4. The average Bonchev–Trinajstić information content (AvgIpc) is 3.29. The fraction of sp³-hybridized carbons (Fsp3) is 0.300. The molecule has 0 radical (unpaired) electrons. The lowest BCUT2D eigenvalue weighted by Gasteiger charge is -2.35. The van der Waals surface area contributed by atoms with Gasteiger partial charge in [0.15, 0.2) is 5.82 Å². The van der Waals surface area contributed by atoms with Gasteiger partial charge in [0.2, 0.25) is 0 Å². The van der Waals surface area contributed by atoms with Crippen LogP contribution in [0.3, 0.4) is 0 Å². The van der Waals surface area contributed by atoms with Gasteiger partial charge in [0.25, 0.3) is 0 Å². The minimum absolute atomic E-state index is 0.0622. The Morgan fingerprint density at radius 3 is 2.64 bits per heavy atom. The van der Waals surface area contributed by atoms with Crippen LogP contribution in [0, 0.1) is 0 Å². The summed E-state index contributed by atoms with van der Waals surface area (Å²) in [5.74, 6) is 1.57. The minimum atomic E-state index is -0.0622. The lowest BCUT2D eigenvalue weighted by Crippen LogP contribution is -2.50. The average molecular weight is 377 g/mol. The molecule has 3 heterocycles. The smallest absolute Gasteiger partial charge is 0.321 e. The SMILES string of the molecule is CCc1cccc(NC(=O)N2CCN(c3cc(-n4cccn4)ncn3)CC2)c1. The van der Waals surface area contributed by atoms with Crippen LogP contribution in [-0.4, -0.2) is 56.9 Å². The molecular formula is C20H23N7O. The summed E-state index contributed by atoms with van der Waals surface area (Å²) in [6.45, 7) is 4.82. The molecule has 0 atom stereocenters. The molecule has 1 fully saturated rings. The second kappa shape index (κ2) is 8.08. The van der Waals surface area contributed by atoms with Crippen LogP contribution in [0.1, 0.15) is 12.5 Å². The third-order valence-electron chi connectivity index (χ3n) is 4.85. The zero-order chi connectivity index (χ0) is 19.3. The van der Waals surface area contributed by atoms with Crippen molar-refractivity contribution in [2.75, 3.05) is 36.4 Å². The van der Waals surface area contributed by atoms with Crippen molar-refractivity contribution in [3.63, 3.8) is 0 Å². The monoisotopic (exact) mass is 377 g/mol. The molecule has 2 amide bonds. The highest BCUT2D eigenvalue weighted by molar-refractivity contribution is 5.89. The summed E-state index contributed by atoms with van der Waals surface area (Å²) in [7, 11) is 0. The number of nitrogens with one attached hydrogen (secondary N) is 1. The van der Waals surface area contributed by atoms with E-state index in [1.54, 1.807) is 17.2 Å². The van der Waals surface area contributed by atoms with Crippen molar-refractivity contribution < 1.29 is 4.79 Å². The van der Waals surface area contributed by atoms with Crippen LogP contribution in [0.5, 0.6) is 0 Å². The molecule has 2 aromatic heterocycles. The van der Waals surface area contributed by atoms with Crippen LogP contribution in [0.25, 0.3) is 5.82 Å². The molecule has 0 unspecified atom stereocenters. The van der Waals surface area contributed by atoms with E-state index in [0.29, 0.717) is 13.1 Å². The first-order valence-electron chi connectivity index (χ1n) is 9.45. The summed E-state index contributed by atoms with van der Waals surface area (Å²) in [6, 6.07) is 11.7. The molecule has 4 rings (SSSR count). The molecule has 1 N–H and O–H groups in total. The molecule has 1 aliphatic rings. The van der Waals surface area contributed by atoms with Crippen molar-refractivity contribution in [3.05, 3.63) is 60.7 Å². The zero-order valence-electron chi connectivity index (χ0n) is 15.8. The number of urea groups is 1. The number of amides is 2. The number of carbonyl (C=O) groups is 1. The van der Waals surface area contributed by atoms with Gasteiger partial charge >= 0.3 is 6.03 Å². The van der Waals surface area contributed by atoms with E-state index in [-0.39, 0.29) is 6.03 Å². The van der Waals surface area contributed by atoms with E-state index in [1.807, 2.05) is 41.4 Å². The molecule has 0 spiro atoms.